The summed E-state index contributed by atoms with van der Waals surface area (Å²) >= 11 is 5.69. The highest BCUT2D eigenvalue weighted by molar-refractivity contribution is 6.30. The van der Waals surface area contributed by atoms with Crippen LogP contribution in [0.4, 0.5) is 15.8 Å². The van der Waals surface area contributed by atoms with E-state index >= 15 is 0 Å². The molecule has 0 aliphatic heterocycles. The average molecular weight is 295 g/mol. The van der Waals surface area contributed by atoms with Crippen molar-refractivity contribution < 1.29 is 9.31 Å². The molecule has 2 rings (SSSR count). The van der Waals surface area contributed by atoms with Crippen LogP contribution in [-0.2, 0) is 6.54 Å². The molecule has 0 spiro atoms. The SMILES string of the molecule is Cc1ccc([N+](=O)[O-])c(NCc2ccc(F)c(Cl)c2)c1. The maximum atomic E-state index is 13.0. The number of anilines is 1. The molecule has 0 aliphatic carbocycles. The van der Waals surface area contributed by atoms with Gasteiger partial charge >= 0.3 is 0 Å². The van der Waals surface area contributed by atoms with E-state index in [4.69, 9.17) is 11.6 Å². The predicted molar refractivity (Wildman–Crippen MR) is 76.6 cm³/mol. The molecule has 20 heavy (non-hydrogen) atoms. The lowest BCUT2D eigenvalue weighted by atomic mass is 10.1. The van der Waals surface area contributed by atoms with E-state index in [1.807, 2.05) is 6.92 Å². The Kier molecular flexibility index (Phi) is 4.20. The minimum Gasteiger partial charge on any atom is -0.375 e. The molecule has 0 unspecified atom stereocenters. The molecular formula is C14H12ClFN2O2. The Balaban J connectivity index is 2.20. The van der Waals surface area contributed by atoms with Crippen LogP contribution in [0.1, 0.15) is 11.1 Å². The average Bonchev–Trinajstić information content (AvgIpc) is 2.40. The molecule has 0 aromatic heterocycles. The Morgan fingerprint density at radius 2 is 2.05 bits per heavy atom. The standard InChI is InChI=1S/C14H12ClFN2O2/c1-9-2-5-14(18(19)20)13(6-9)17-8-10-3-4-12(16)11(15)7-10/h2-7,17H,8H2,1H3. The van der Waals surface area contributed by atoms with Crippen LogP contribution in [-0.4, -0.2) is 4.92 Å². The molecule has 0 aliphatic rings. The van der Waals surface area contributed by atoms with Crippen molar-refractivity contribution in [2.24, 2.45) is 0 Å². The second-order valence-electron chi connectivity index (χ2n) is 4.38. The van der Waals surface area contributed by atoms with Crippen LogP contribution >= 0.6 is 11.6 Å². The molecule has 0 saturated carbocycles. The molecule has 0 amide bonds. The van der Waals surface area contributed by atoms with Crippen LogP contribution in [0.15, 0.2) is 36.4 Å². The number of nitrogens with zero attached hydrogens (tertiary/aromatic N) is 1. The van der Waals surface area contributed by atoms with Gasteiger partial charge in [-0.05, 0) is 36.2 Å². The third-order valence-electron chi connectivity index (χ3n) is 2.82. The van der Waals surface area contributed by atoms with E-state index in [0.29, 0.717) is 12.2 Å². The molecule has 0 heterocycles. The number of aryl methyl sites for hydroxylation is 1. The predicted octanol–water partition coefficient (Wildman–Crippen LogP) is 4.31. The van der Waals surface area contributed by atoms with E-state index in [1.165, 1.54) is 18.2 Å². The quantitative estimate of drug-likeness (QED) is 0.675. The van der Waals surface area contributed by atoms with Gasteiger partial charge in [-0.15, -0.1) is 0 Å². The first-order valence-corrected chi connectivity index (χ1v) is 6.28. The van der Waals surface area contributed by atoms with Gasteiger partial charge < -0.3 is 5.32 Å². The first-order valence-electron chi connectivity index (χ1n) is 5.90. The summed E-state index contributed by atoms with van der Waals surface area (Å²) in [4.78, 5) is 10.5. The topological polar surface area (TPSA) is 55.2 Å². The number of nitro groups is 1. The highest BCUT2D eigenvalue weighted by atomic mass is 35.5. The van der Waals surface area contributed by atoms with Gasteiger partial charge in [0.25, 0.3) is 5.69 Å². The Labute approximate surface area is 120 Å². The molecule has 0 saturated heterocycles. The largest absolute Gasteiger partial charge is 0.375 e. The van der Waals surface area contributed by atoms with Crippen LogP contribution in [0.5, 0.6) is 0 Å². The number of rotatable bonds is 4. The molecule has 6 heteroatoms. The fourth-order valence-electron chi connectivity index (χ4n) is 1.80. The zero-order chi connectivity index (χ0) is 14.7. The first kappa shape index (κ1) is 14.3. The third-order valence-corrected chi connectivity index (χ3v) is 3.11. The lowest BCUT2D eigenvalue weighted by molar-refractivity contribution is -0.384. The maximum Gasteiger partial charge on any atom is 0.292 e. The van der Waals surface area contributed by atoms with Gasteiger partial charge in [0.05, 0.1) is 9.95 Å². The summed E-state index contributed by atoms with van der Waals surface area (Å²) in [6.45, 7) is 2.17. The lowest BCUT2D eigenvalue weighted by Gasteiger charge is -2.08. The van der Waals surface area contributed by atoms with Crippen molar-refractivity contribution in [2.45, 2.75) is 13.5 Å². The Bertz CT molecular complexity index is 662. The van der Waals surface area contributed by atoms with Crippen molar-refractivity contribution >= 4 is 23.0 Å². The van der Waals surface area contributed by atoms with Crippen molar-refractivity contribution in [2.75, 3.05) is 5.32 Å². The molecule has 2 aromatic rings. The highest BCUT2D eigenvalue weighted by Gasteiger charge is 2.13. The van der Waals surface area contributed by atoms with Crippen LogP contribution in [0.25, 0.3) is 0 Å². The molecule has 0 bridgehead atoms. The molecule has 4 nitrogen and oxygen atoms in total. The van der Waals surface area contributed by atoms with Crippen molar-refractivity contribution in [3.05, 3.63) is 68.5 Å². The summed E-state index contributed by atoms with van der Waals surface area (Å²) < 4.78 is 13.0. The van der Waals surface area contributed by atoms with Crippen molar-refractivity contribution in [1.29, 1.82) is 0 Å². The molecule has 0 fully saturated rings. The van der Waals surface area contributed by atoms with Crippen LogP contribution < -0.4 is 5.32 Å². The van der Waals surface area contributed by atoms with Crippen molar-refractivity contribution in [1.82, 2.24) is 0 Å². The lowest BCUT2D eigenvalue weighted by Crippen LogP contribution is -2.03. The molecule has 2 aromatic carbocycles. The van der Waals surface area contributed by atoms with E-state index in [-0.39, 0.29) is 10.7 Å². The van der Waals surface area contributed by atoms with E-state index in [0.717, 1.165) is 11.1 Å². The monoisotopic (exact) mass is 294 g/mol. The van der Waals surface area contributed by atoms with Crippen LogP contribution in [0, 0.1) is 22.9 Å². The summed E-state index contributed by atoms with van der Waals surface area (Å²) in [6.07, 6.45) is 0. The number of hydrogen-bond donors (Lipinski definition) is 1. The minimum atomic E-state index is -0.489. The smallest absolute Gasteiger partial charge is 0.292 e. The maximum absolute atomic E-state index is 13.0. The number of hydrogen-bond acceptors (Lipinski definition) is 3. The summed E-state index contributed by atoms with van der Waals surface area (Å²) in [7, 11) is 0. The number of halogens is 2. The zero-order valence-corrected chi connectivity index (χ0v) is 11.4. The van der Waals surface area contributed by atoms with E-state index < -0.39 is 10.7 Å². The molecule has 0 atom stereocenters. The van der Waals surface area contributed by atoms with Gasteiger partial charge in [-0.1, -0.05) is 23.7 Å². The van der Waals surface area contributed by atoms with Gasteiger partial charge in [-0.3, -0.25) is 10.1 Å². The Hall–Kier alpha value is -2.14. The van der Waals surface area contributed by atoms with Crippen molar-refractivity contribution in [3.63, 3.8) is 0 Å². The highest BCUT2D eigenvalue weighted by Crippen LogP contribution is 2.26. The molecule has 104 valence electrons. The fourth-order valence-corrected chi connectivity index (χ4v) is 2.00. The van der Waals surface area contributed by atoms with E-state index in [1.54, 1.807) is 18.2 Å². The third kappa shape index (κ3) is 3.24. The van der Waals surface area contributed by atoms with Gasteiger partial charge in [-0.25, -0.2) is 4.39 Å². The fraction of sp³-hybridized carbons (Fsp3) is 0.143. The van der Waals surface area contributed by atoms with Gasteiger partial charge in [0, 0.05) is 12.6 Å². The number of nitrogens with one attached hydrogen (secondary N) is 1. The minimum absolute atomic E-state index is 0.00353. The van der Waals surface area contributed by atoms with Gasteiger partial charge in [0.1, 0.15) is 11.5 Å². The van der Waals surface area contributed by atoms with Gasteiger partial charge in [0.2, 0.25) is 0 Å². The first-order chi connectivity index (χ1) is 9.47. The van der Waals surface area contributed by atoms with E-state index in [9.17, 15) is 14.5 Å². The summed E-state index contributed by atoms with van der Waals surface area (Å²) in [6, 6.07) is 9.17. The second-order valence-corrected chi connectivity index (χ2v) is 4.79. The zero-order valence-electron chi connectivity index (χ0n) is 10.7. The molecule has 1 N–H and O–H groups in total. The molecular weight excluding hydrogens is 283 g/mol. The Morgan fingerprint density at radius 1 is 1.30 bits per heavy atom. The summed E-state index contributed by atoms with van der Waals surface area (Å²) in [5.41, 5.74) is 2.08. The van der Waals surface area contributed by atoms with E-state index in [2.05, 4.69) is 5.32 Å². The normalized spacial score (nSPS) is 10.3. The van der Waals surface area contributed by atoms with Crippen molar-refractivity contribution in [3.8, 4) is 0 Å². The second kappa shape index (κ2) is 5.88. The van der Waals surface area contributed by atoms with Gasteiger partial charge in [-0.2, -0.15) is 0 Å². The molecule has 0 radical (unpaired) electrons. The summed E-state index contributed by atoms with van der Waals surface area (Å²) in [5, 5.41) is 13.9. The van der Waals surface area contributed by atoms with Crippen LogP contribution in [0.3, 0.4) is 0 Å². The number of nitro benzene ring substituents is 1. The van der Waals surface area contributed by atoms with Gasteiger partial charge in [0.15, 0.2) is 0 Å². The summed E-state index contributed by atoms with van der Waals surface area (Å²) in [5.74, 6) is -0.489. The Morgan fingerprint density at radius 3 is 2.70 bits per heavy atom. The number of benzene rings is 2. The van der Waals surface area contributed by atoms with Crippen LogP contribution in [0.2, 0.25) is 5.02 Å².